The minimum atomic E-state index is -2.94. The molecule has 1 aromatic heterocycles. The van der Waals surface area contributed by atoms with Crippen molar-refractivity contribution in [1.29, 1.82) is 0 Å². The van der Waals surface area contributed by atoms with Gasteiger partial charge in [-0.3, -0.25) is 4.68 Å². The van der Waals surface area contributed by atoms with Gasteiger partial charge < -0.3 is 5.32 Å². The molecule has 0 radical (unpaired) electrons. The van der Waals surface area contributed by atoms with E-state index in [4.69, 9.17) is 0 Å². The SMILES string of the molecule is CCNC(CC)c1cnn(C2CCCC(S(C)(=O)=O)C2)c1. The highest BCUT2D eigenvalue weighted by Gasteiger charge is 2.30. The molecule has 1 heterocycles. The second kappa shape index (κ2) is 6.92. The van der Waals surface area contributed by atoms with Gasteiger partial charge in [0.1, 0.15) is 9.84 Å². The van der Waals surface area contributed by atoms with Crippen molar-refractivity contribution in [2.75, 3.05) is 12.8 Å². The lowest BCUT2D eigenvalue weighted by molar-refractivity contribution is 0.329. The zero-order valence-electron chi connectivity index (χ0n) is 13.2. The fraction of sp³-hybridized carbons (Fsp3) is 0.800. The predicted octanol–water partition coefficient (Wildman–Crippen LogP) is 2.47. The topological polar surface area (TPSA) is 64.0 Å². The minimum Gasteiger partial charge on any atom is -0.310 e. The molecule has 0 aromatic carbocycles. The zero-order chi connectivity index (χ0) is 15.5. The summed E-state index contributed by atoms with van der Waals surface area (Å²) in [5.74, 6) is 0. The van der Waals surface area contributed by atoms with E-state index >= 15 is 0 Å². The highest BCUT2D eigenvalue weighted by molar-refractivity contribution is 7.91. The van der Waals surface area contributed by atoms with Crippen LogP contribution in [0, 0.1) is 0 Å². The molecule has 3 unspecified atom stereocenters. The maximum Gasteiger partial charge on any atom is 0.150 e. The van der Waals surface area contributed by atoms with Gasteiger partial charge in [-0.15, -0.1) is 0 Å². The van der Waals surface area contributed by atoms with E-state index in [1.807, 2.05) is 10.9 Å². The number of nitrogens with one attached hydrogen (secondary N) is 1. The summed E-state index contributed by atoms with van der Waals surface area (Å²) in [6.45, 7) is 5.19. The van der Waals surface area contributed by atoms with Gasteiger partial charge in [-0.1, -0.05) is 20.3 Å². The lowest BCUT2D eigenvalue weighted by Crippen LogP contribution is -2.29. The third-order valence-electron chi connectivity index (χ3n) is 4.46. The van der Waals surface area contributed by atoms with Crippen LogP contribution in [0.15, 0.2) is 12.4 Å². The number of hydrogen-bond acceptors (Lipinski definition) is 4. The lowest BCUT2D eigenvalue weighted by atomic mass is 9.95. The lowest BCUT2D eigenvalue weighted by Gasteiger charge is -2.28. The summed E-state index contributed by atoms with van der Waals surface area (Å²) in [4.78, 5) is 0. The zero-order valence-corrected chi connectivity index (χ0v) is 14.1. The number of rotatable bonds is 6. The van der Waals surface area contributed by atoms with Gasteiger partial charge in [-0.2, -0.15) is 5.10 Å². The van der Waals surface area contributed by atoms with Crippen molar-refractivity contribution in [2.45, 2.75) is 63.3 Å². The van der Waals surface area contributed by atoms with Gasteiger partial charge in [0.05, 0.1) is 17.5 Å². The Hall–Kier alpha value is -0.880. The third-order valence-corrected chi connectivity index (χ3v) is 6.10. The molecule has 3 atom stereocenters. The van der Waals surface area contributed by atoms with E-state index in [1.165, 1.54) is 11.8 Å². The number of aromatic nitrogens is 2. The van der Waals surface area contributed by atoms with Gasteiger partial charge in [0.2, 0.25) is 0 Å². The smallest absolute Gasteiger partial charge is 0.150 e. The highest BCUT2D eigenvalue weighted by Crippen LogP contribution is 2.32. The van der Waals surface area contributed by atoms with E-state index in [0.29, 0.717) is 12.5 Å². The number of sulfone groups is 1. The van der Waals surface area contributed by atoms with Gasteiger partial charge in [0.25, 0.3) is 0 Å². The van der Waals surface area contributed by atoms with Crippen molar-refractivity contribution >= 4 is 9.84 Å². The molecule has 5 nitrogen and oxygen atoms in total. The van der Waals surface area contributed by atoms with Gasteiger partial charge in [0, 0.05) is 24.1 Å². The monoisotopic (exact) mass is 313 g/mol. The number of hydrogen-bond donors (Lipinski definition) is 1. The van der Waals surface area contributed by atoms with Crippen molar-refractivity contribution in [3.8, 4) is 0 Å². The van der Waals surface area contributed by atoms with Crippen LogP contribution in [-0.4, -0.2) is 36.2 Å². The first-order valence-electron chi connectivity index (χ1n) is 7.92. The summed E-state index contributed by atoms with van der Waals surface area (Å²) >= 11 is 0. The third kappa shape index (κ3) is 4.07. The molecule has 6 heteroatoms. The highest BCUT2D eigenvalue weighted by atomic mass is 32.2. The predicted molar refractivity (Wildman–Crippen MR) is 85.1 cm³/mol. The van der Waals surface area contributed by atoms with Crippen molar-refractivity contribution in [3.63, 3.8) is 0 Å². The Kier molecular flexibility index (Phi) is 5.43. The summed E-state index contributed by atoms with van der Waals surface area (Å²) in [5.41, 5.74) is 1.20. The molecule has 0 bridgehead atoms. The molecular formula is C15H27N3O2S. The summed E-state index contributed by atoms with van der Waals surface area (Å²) in [6, 6.07) is 0.546. The Bertz CT molecular complexity index is 553. The Balaban J connectivity index is 2.10. The van der Waals surface area contributed by atoms with Crippen LogP contribution >= 0.6 is 0 Å². The van der Waals surface area contributed by atoms with Crippen LogP contribution < -0.4 is 5.32 Å². The first kappa shape index (κ1) is 16.5. The van der Waals surface area contributed by atoms with Crippen molar-refractivity contribution < 1.29 is 8.42 Å². The molecule has 1 saturated carbocycles. The first-order valence-corrected chi connectivity index (χ1v) is 9.87. The number of nitrogens with zero attached hydrogens (tertiary/aromatic N) is 2. The van der Waals surface area contributed by atoms with Crippen molar-refractivity contribution in [1.82, 2.24) is 15.1 Å². The largest absolute Gasteiger partial charge is 0.310 e. The molecular weight excluding hydrogens is 286 g/mol. The molecule has 1 aliphatic rings. The van der Waals surface area contributed by atoms with Gasteiger partial charge in [-0.25, -0.2) is 8.42 Å². The Morgan fingerprint density at radius 1 is 1.43 bits per heavy atom. The molecule has 21 heavy (non-hydrogen) atoms. The average Bonchev–Trinajstić information content (AvgIpc) is 2.93. The second-order valence-electron chi connectivity index (χ2n) is 6.04. The standard InChI is InChI=1S/C15H27N3O2S/c1-4-15(16-5-2)12-10-17-18(11-12)13-7-6-8-14(9-13)21(3,19)20/h10-11,13-16H,4-9H2,1-3H3. The van der Waals surface area contributed by atoms with Crippen LogP contribution in [0.25, 0.3) is 0 Å². The van der Waals surface area contributed by atoms with Gasteiger partial charge in [0.15, 0.2) is 0 Å². The fourth-order valence-electron chi connectivity index (χ4n) is 3.23. The van der Waals surface area contributed by atoms with Crippen LogP contribution in [0.5, 0.6) is 0 Å². The summed E-state index contributed by atoms with van der Waals surface area (Å²) < 4.78 is 25.5. The van der Waals surface area contributed by atoms with Gasteiger partial charge >= 0.3 is 0 Å². The second-order valence-corrected chi connectivity index (χ2v) is 8.37. The molecule has 0 spiro atoms. The Morgan fingerprint density at radius 3 is 2.81 bits per heavy atom. The molecule has 1 aliphatic carbocycles. The quantitative estimate of drug-likeness (QED) is 0.876. The molecule has 1 N–H and O–H groups in total. The van der Waals surface area contributed by atoms with Crippen LogP contribution in [-0.2, 0) is 9.84 Å². The summed E-state index contributed by atoms with van der Waals surface area (Å²) in [5, 5.41) is 7.73. The average molecular weight is 313 g/mol. The van der Waals surface area contributed by atoms with Crippen LogP contribution in [0.2, 0.25) is 0 Å². The first-order chi connectivity index (χ1) is 9.95. The normalized spacial score (nSPS) is 24.9. The minimum absolute atomic E-state index is 0.209. The van der Waals surface area contributed by atoms with Gasteiger partial charge in [-0.05, 0) is 32.2 Å². The van der Waals surface area contributed by atoms with Crippen molar-refractivity contribution in [3.05, 3.63) is 18.0 Å². The van der Waals surface area contributed by atoms with E-state index in [9.17, 15) is 8.42 Å². The summed E-state index contributed by atoms with van der Waals surface area (Å²) in [7, 11) is -2.94. The molecule has 0 amide bonds. The summed E-state index contributed by atoms with van der Waals surface area (Å²) in [6.07, 6.45) is 9.85. The van der Waals surface area contributed by atoms with Crippen LogP contribution in [0.3, 0.4) is 0 Å². The van der Waals surface area contributed by atoms with Crippen molar-refractivity contribution in [2.24, 2.45) is 0 Å². The van der Waals surface area contributed by atoms with E-state index < -0.39 is 9.84 Å². The molecule has 0 aliphatic heterocycles. The molecule has 1 aromatic rings. The Morgan fingerprint density at radius 2 is 2.19 bits per heavy atom. The van der Waals surface area contributed by atoms with E-state index in [0.717, 1.165) is 32.2 Å². The van der Waals surface area contributed by atoms with E-state index in [2.05, 4.69) is 30.5 Å². The maximum absolute atomic E-state index is 11.8. The molecule has 0 saturated heterocycles. The van der Waals surface area contributed by atoms with E-state index in [-0.39, 0.29) is 11.3 Å². The molecule has 1 fully saturated rings. The molecule has 120 valence electrons. The maximum atomic E-state index is 11.8. The van der Waals surface area contributed by atoms with Crippen LogP contribution in [0.4, 0.5) is 0 Å². The van der Waals surface area contributed by atoms with Crippen LogP contribution in [0.1, 0.15) is 63.6 Å². The molecule has 2 rings (SSSR count). The van der Waals surface area contributed by atoms with E-state index in [1.54, 1.807) is 0 Å². The Labute approximate surface area is 128 Å². The fourth-order valence-corrected chi connectivity index (χ4v) is 4.39.